The van der Waals surface area contributed by atoms with Crippen molar-refractivity contribution in [3.05, 3.63) is 107 Å². The number of ether oxygens (including phenoxy) is 2. The number of para-hydroxylation sites is 1. The SMILES string of the molecule is CCOC(=O)c1c(C(c2ccccc2)c2ccccc2)c2ccccc2n1CCN1CCOCC1. The van der Waals surface area contributed by atoms with E-state index in [-0.39, 0.29) is 11.9 Å². The third-order valence-corrected chi connectivity index (χ3v) is 6.78. The molecule has 1 saturated heterocycles. The Balaban J connectivity index is 1.71. The summed E-state index contributed by atoms with van der Waals surface area (Å²) in [5.41, 5.74) is 5.04. The molecular formula is C30H32N2O3. The number of hydrogen-bond donors (Lipinski definition) is 0. The van der Waals surface area contributed by atoms with Crippen molar-refractivity contribution in [2.45, 2.75) is 19.4 Å². The van der Waals surface area contributed by atoms with Crippen LogP contribution >= 0.6 is 0 Å². The molecule has 4 aromatic rings. The van der Waals surface area contributed by atoms with Gasteiger partial charge < -0.3 is 14.0 Å². The number of morpholine rings is 1. The topological polar surface area (TPSA) is 43.7 Å². The van der Waals surface area contributed by atoms with Crippen molar-refractivity contribution in [3.8, 4) is 0 Å². The van der Waals surface area contributed by atoms with Gasteiger partial charge in [0, 0.05) is 48.6 Å². The van der Waals surface area contributed by atoms with Gasteiger partial charge in [-0.25, -0.2) is 4.79 Å². The summed E-state index contributed by atoms with van der Waals surface area (Å²) in [6.45, 7) is 7.11. The molecular weight excluding hydrogens is 436 g/mol. The second-order valence-electron chi connectivity index (χ2n) is 8.86. The molecule has 1 aliphatic rings. The van der Waals surface area contributed by atoms with Crippen LogP contribution in [0.5, 0.6) is 0 Å². The average Bonchev–Trinajstić information content (AvgIpc) is 3.24. The van der Waals surface area contributed by atoms with Crippen molar-refractivity contribution < 1.29 is 14.3 Å². The maximum absolute atomic E-state index is 13.6. The smallest absolute Gasteiger partial charge is 0.355 e. The van der Waals surface area contributed by atoms with Gasteiger partial charge in [0.1, 0.15) is 5.69 Å². The fraction of sp³-hybridized carbons (Fsp3) is 0.300. The number of aromatic nitrogens is 1. The summed E-state index contributed by atoms with van der Waals surface area (Å²) in [4.78, 5) is 16.0. The minimum Gasteiger partial charge on any atom is -0.461 e. The van der Waals surface area contributed by atoms with Gasteiger partial charge in [0.15, 0.2) is 0 Å². The third kappa shape index (κ3) is 4.88. The molecule has 2 heterocycles. The molecule has 5 nitrogen and oxygen atoms in total. The molecule has 1 aromatic heterocycles. The molecule has 0 aliphatic carbocycles. The van der Waals surface area contributed by atoms with E-state index in [2.05, 4.69) is 76.2 Å². The van der Waals surface area contributed by atoms with Crippen LogP contribution < -0.4 is 0 Å². The van der Waals surface area contributed by atoms with Crippen molar-refractivity contribution in [1.82, 2.24) is 9.47 Å². The zero-order chi connectivity index (χ0) is 24.0. The zero-order valence-corrected chi connectivity index (χ0v) is 20.2. The third-order valence-electron chi connectivity index (χ3n) is 6.78. The maximum Gasteiger partial charge on any atom is 0.355 e. The Morgan fingerprint density at radius 3 is 2.09 bits per heavy atom. The molecule has 35 heavy (non-hydrogen) atoms. The highest BCUT2D eigenvalue weighted by Gasteiger charge is 2.31. The number of esters is 1. The summed E-state index contributed by atoms with van der Waals surface area (Å²) in [5.74, 6) is -0.358. The van der Waals surface area contributed by atoms with Gasteiger partial charge in [0.25, 0.3) is 0 Å². The number of carbonyl (C=O) groups excluding carboxylic acids is 1. The second kappa shape index (κ2) is 10.9. The van der Waals surface area contributed by atoms with Crippen LogP contribution in [-0.2, 0) is 16.0 Å². The van der Waals surface area contributed by atoms with Crippen LogP contribution in [0.2, 0.25) is 0 Å². The molecule has 0 atom stereocenters. The number of benzene rings is 3. The van der Waals surface area contributed by atoms with Crippen LogP contribution in [0.3, 0.4) is 0 Å². The van der Waals surface area contributed by atoms with Gasteiger partial charge in [-0.3, -0.25) is 4.90 Å². The average molecular weight is 469 g/mol. The standard InChI is InChI=1S/C30H32N2O3/c1-2-35-30(33)29-28(27(23-11-5-3-6-12-23)24-13-7-4-8-14-24)25-15-9-10-16-26(25)32(29)18-17-31-19-21-34-22-20-31/h3-16,27H,2,17-22H2,1H3. The molecule has 0 N–H and O–H groups in total. The van der Waals surface area contributed by atoms with Crippen molar-refractivity contribution in [3.63, 3.8) is 0 Å². The highest BCUT2D eigenvalue weighted by atomic mass is 16.5. The monoisotopic (exact) mass is 468 g/mol. The number of carbonyl (C=O) groups is 1. The van der Waals surface area contributed by atoms with E-state index in [0.717, 1.165) is 60.4 Å². The fourth-order valence-corrected chi connectivity index (χ4v) is 5.16. The van der Waals surface area contributed by atoms with Gasteiger partial charge in [-0.05, 0) is 24.1 Å². The fourth-order valence-electron chi connectivity index (χ4n) is 5.16. The Morgan fingerprint density at radius 1 is 0.857 bits per heavy atom. The summed E-state index contributed by atoms with van der Waals surface area (Å²) in [6.07, 6.45) is 0. The Kier molecular flexibility index (Phi) is 7.26. The first-order chi connectivity index (χ1) is 17.3. The largest absolute Gasteiger partial charge is 0.461 e. The molecule has 0 bridgehead atoms. The first-order valence-corrected chi connectivity index (χ1v) is 12.5. The Labute approximate surface area is 206 Å². The van der Waals surface area contributed by atoms with Gasteiger partial charge in [-0.15, -0.1) is 0 Å². The molecule has 3 aromatic carbocycles. The lowest BCUT2D eigenvalue weighted by Crippen LogP contribution is -2.38. The molecule has 1 aliphatic heterocycles. The highest BCUT2D eigenvalue weighted by Crippen LogP contribution is 2.40. The molecule has 180 valence electrons. The van der Waals surface area contributed by atoms with E-state index >= 15 is 0 Å². The maximum atomic E-state index is 13.6. The lowest BCUT2D eigenvalue weighted by molar-refractivity contribution is 0.0359. The summed E-state index contributed by atoms with van der Waals surface area (Å²) in [7, 11) is 0. The van der Waals surface area contributed by atoms with Crippen molar-refractivity contribution >= 4 is 16.9 Å². The van der Waals surface area contributed by atoms with E-state index in [9.17, 15) is 4.79 Å². The van der Waals surface area contributed by atoms with Crippen molar-refractivity contribution in [2.75, 3.05) is 39.5 Å². The Bertz CT molecular complexity index is 1220. The van der Waals surface area contributed by atoms with Crippen LogP contribution in [0.1, 0.15) is 40.0 Å². The molecule has 0 amide bonds. The predicted molar refractivity (Wildman–Crippen MR) is 139 cm³/mol. The van der Waals surface area contributed by atoms with Gasteiger partial charge in [-0.1, -0.05) is 78.9 Å². The lowest BCUT2D eigenvalue weighted by atomic mass is 9.83. The van der Waals surface area contributed by atoms with Gasteiger partial charge >= 0.3 is 5.97 Å². The molecule has 5 rings (SSSR count). The number of fused-ring (bicyclic) bond motifs is 1. The molecule has 0 saturated carbocycles. The van der Waals surface area contributed by atoms with Crippen LogP contribution in [0, 0.1) is 0 Å². The summed E-state index contributed by atoms with van der Waals surface area (Å²) >= 11 is 0. The van der Waals surface area contributed by atoms with Crippen molar-refractivity contribution in [1.29, 1.82) is 0 Å². The first-order valence-electron chi connectivity index (χ1n) is 12.5. The van der Waals surface area contributed by atoms with E-state index in [1.54, 1.807) is 0 Å². The van der Waals surface area contributed by atoms with Crippen molar-refractivity contribution in [2.24, 2.45) is 0 Å². The first kappa shape index (κ1) is 23.3. The van der Waals surface area contributed by atoms with Crippen LogP contribution in [0.4, 0.5) is 0 Å². The Morgan fingerprint density at radius 2 is 1.46 bits per heavy atom. The minimum absolute atomic E-state index is 0.0913. The van der Waals surface area contributed by atoms with Crippen LogP contribution in [0.15, 0.2) is 84.9 Å². The normalized spacial score (nSPS) is 14.5. The zero-order valence-electron chi connectivity index (χ0n) is 20.2. The predicted octanol–water partition coefficient (Wildman–Crippen LogP) is 5.33. The Hall–Kier alpha value is -3.41. The molecule has 0 radical (unpaired) electrons. The highest BCUT2D eigenvalue weighted by molar-refractivity contribution is 6.00. The minimum atomic E-state index is -0.266. The summed E-state index contributed by atoms with van der Waals surface area (Å²) < 4.78 is 13.4. The van der Waals surface area contributed by atoms with Gasteiger partial charge in [0.2, 0.25) is 0 Å². The van der Waals surface area contributed by atoms with Crippen LogP contribution in [-0.4, -0.2) is 54.9 Å². The molecule has 1 fully saturated rings. The van der Waals surface area contributed by atoms with E-state index in [4.69, 9.17) is 9.47 Å². The van der Waals surface area contributed by atoms with E-state index < -0.39 is 0 Å². The number of rotatable bonds is 8. The molecule has 5 heteroatoms. The van der Waals surface area contributed by atoms with E-state index in [1.807, 2.05) is 25.1 Å². The van der Waals surface area contributed by atoms with E-state index in [0.29, 0.717) is 18.8 Å². The summed E-state index contributed by atoms with van der Waals surface area (Å²) in [5, 5.41) is 1.09. The quantitative estimate of drug-likeness (QED) is 0.328. The van der Waals surface area contributed by atoms with Crippen LogP contribution in [0.25, 0.3) is 10.9 Å². The summed E-state index contributed by atoms with van der Waals surface area (Å²) in [6, 6.07) is 29.3. The number of nitrogens with zero attached hydrogens (tertiary/aromatic N) is 2. The lowest BCUT2D eigenvalue weighted by Gasteiger charge is -2.27. The number of hydrogen-bond acceptors (Lipinski definition) is 4. The molecule has 0 spiro atoms. The van der Waals surface area contributed by atoms with E-state index in [1.165, 1.54) is 0 Å². The molecule has 0 unspecified atom stereocenters. The van der Waals surface area contributed by atoms with Gasteiger partial charge in [-0.2, -0.15) is 0 Å². The second-order valence-corrected chi connectivity index (χ2v) is 8.86. The van der Waals surface area contributed by atoms with Gasteiger partial charge in [0.05, 0.1) is 19.8 Å².